The van der Waals surface area contributed by atoms with Crippen LogP contribution in [0, 0.1) is 0 Å². The maximum atomic E-state index is 12.7. The number of ether oxygens (including phenoxy) is 3. The van der Waals surface area contributed by atoms with Gasteiger partial charge in [0, 0.05) is 12.8 Å². The summed E-state index contributed by atoms with van der Waals surface area (Å²) in [5.41, 5.74) is 0. The maximum Gasteiger partial charge on any atom is 0.310 e. The van der Waals surface area contributed by atoms with Crippen molar-refractivity contribution < 1.29 is 28.6 Å². The van der Waals surface area contributed by atoms with Crippen LogP contribution in [0.1, 0.15) is 239 Å². The molecule has 0 radical (unpaired) electrons. The van der Waals surface area contributed by atoms with Gasteiger partial charge in [-0.2, -0.15) is 0 Å². The Morgan fingerprint density at radius 1 is 0.301 bits per heavy atom. The fourth-order valence-corrected chi connectivity index (χ4v) is 7.56. The van der Waals surface area contributed by atoms with Crippen LogP contribution >= 0.6 is 0 Å². The van der Waals surface area contributed by atoms with Crippen LogP contribution in [0.4, 0.5) is 0 Å². The quantitative estimate of drug-likeness (QED) is 0.0261. The van der Waals surface area contributed by atoms with Crippen molar-refractivity contribution in [2.45, 2.75) is 245 Å². The van der Waals surface area contributed by atoms with Gasteiger partial charge in [0.1, 0.15) is 13.2 Å². The number of hydrogen-bond donors (Lipinski definition) is 0. The molecule has 0 saturated carbocycles. The van der Waals surface area contributed by atoms with Crippen molar-refractivity contribution in [1.29, 1.82) is 0 Å². The van der Waals surface area contributed by atoms with Crippen LogP contribution in [0.3, 0.4) is 0 Å². The molecule has 0 bridgehead atoms. The van der Waals surface area contributed by atoms with Gasteiger partial charge in [0.2, 0.25) is 0 Å². The second-order valence-electron chi connectivity index (χ2n) is 18.8. The van der Waals surface area contributed by atoms with E-state index in [2.05, 4.69) is 154 Å². The number of carbonyl (C=O) groups is 3. The van der Waals surface area contributed by atoms with Gasteiger partial charge in [0.05, 0.1) is 6.42 Å². The largest absolute Gasteiger partial charge is 0.462 e. The molecule has 6 heteroatoms. The first-order valence-corrected chi connectivity index (χ1v) is 29.3. The number of unbranched alkanes of at least 4 members (excludes halogenated alkanes) is 17. The van der Waals surface area contributed by atoms with Crippen LogP contribution in [0.25, 0.3) is 0 Å². The van der Waals surface area contributed by atoms with Gasteiger partial charge >= 0.3 is 17.9 Å². The smallest absolute Gasteiger partial charge is 0.310 e. The minimum Gasteiger partial charge on any atom is -0.462 e. The summed E-state index contributed by atoms with van der Waals surface area (Å²) in [6.45, 7) is 6.29. The molecule has 0 aromatic carbocycles. The molecular formula is C67H106O6. The molecule has 1 atom stereocenters. The minimum atomic E-state index is -0.837. The molecule has 0 fully saturated rings. The molecule has 0 rings (SSSR count). The normalized spacial score (nSPS) is 13.2. The van der Waals surface area contributed by atoms with Crippen LogP contribution in [0.15, 0.2) is 146 Å². The third-order valence-electron chi connectivity index (χ3n) is 11.9. The first kappa shape index (κ1) is 68.3. The van der Waals surface area contributed by atoms with E-state index in [-0.39, 0.29) is 31.6 Å². The summed E-state index contributed by atoms with van der Waals surface area (Å²) in [4.78, 5) is 38.0. The Balaban J connectivity index is 4.28. The van der Waals surface area contributed by atoms with Crippen molar-refractivity contribution in [3.05, 3.63) is 146 Å². The van der Waals surface area contributed by atoms with E-state index in [1.807, 2.05) is 6.08 Å². The minimum absolute atomic E-state index is 0.0913. The van der Waals surface area contributed by atoms with Crippen molar-refractivity contribution in [3.8, 4) is 0 Å². The molecule has 410 valence electrons. The summed E-state index contributed by atoms with van der Waals surface area (Å²) in [7, 11) is 0. The van der Waals surface area contributed by atoms with Gasteiger partial charge in [-0.1, -0.05) is 263 Å². The SMILES string of the molecule is CC/C=C\C/C=C\C/C=C\C/C=C\C/C=C\C/C=C\C/C=C\CCCCCCCCCCCC(=O)OCC(COC(=O)CCCCCCCCCCC)OC(=O)C/C=C\C/C=C\C/C=C\C/C=C\C/C=C\CC. The van der Waals surface area contributed by atoms with Crippen molar-refractivity contribution in [2.75, 3.05) is 13.2 Å². The molecule has 0 spiro atoms. The second-order valence-corrected chi connectivity index (χ2v) is 18.8. The Bertz CT molecular complexity index is 1630. The second kappa shape index (κ2) is 59.8. The predicted octanol–water partition coefficient (Wildman–Crippen LogP) is 20.0. The summed E-state index contributed by atoms with van der Waals surface area (Å²) in [5.74, 6) is -1.07. The van der Waals surface area contributed by atoms with Crippen molar-refractivity contribution in [1.82, 2.24) is 0 Å². The first-order valence-electron chi connectivity index (χ1n) is 29.3. The number of rotatable bonds is 51. The molecule has 0 aliphatic rings. The molecule has 0 heterocycles. The van der Waals surface area contributed by atoms with E-state index in [9.17, 15) is 14.4 Å². The molecular weight excluding hydrogens is 901 g/mol. The van der Waals surface area contributed by atoms with E-state index in [4.69, 9.17) is 14.2 Å². The van der Waals surface area contributed by atoms with Gasteiger partial charge in [-0.3, -0.25) is 14.4 Å². The average molecular weight is 1010 g/mol. The van der Waals surface area contributed by atoms with Crippen LogP contribution in [-0.2, 0) is 28.6 Å². The number of carbonyl (C=O) groups excluding carboxylic acids is 3. The molecule has 1 unspecified atom stereocenters. The third kappa shape index (κ3) is 58.1. The van der Waals surface area contributed by atoms with E-state index < -0.39 is 12.1 Å². The summed E-state index contributed by atoms with van der Waals surface area (Å²) >= 11 is 0. The van der Waals surface area contributed by atoms with E-state index in [1.54, 1.807) is 6.08 Å². The lowest BCUT2D eigenvalue weighted by Gasteiger charge is -2.18. The van der Waals surface area contributed by atoms with Crippen LogP contribution in [0.2, 0.25) is 0 Å². The Kier molecular flexibility index (Phi) is 56.0. The summed E-state index contributed by atoms with van der Waals surface area (Å²) in [6.07, 6.45) is 86.0. The van der Waals surface area contributed by atoms with Gasteiger partial charge < -0.3 is 14.2 Å². The molecule has 0 aromatic rings. The van der Waals surface area contributed by atoms with E-state index in [0.717, 1.165) is 116 Å². The van der Waals surface area contributed by atoms with Crippen LogP contribution in [0.5, 0.6) is 0 Å². The maximum absolute atomic E-state index is 12.7. The van der Waals surface area contributed by atoms with Gasteiger partial charge in [-0.15, -0.1) is 0 Å². The number of hydrogen-bond acceptors (Lipinski definition) is 6. The highest BCUT2D eigenvalue weighted by Crippen LogP contribution is 2.14. The lowest BCUT2D eigenvalue weighted by molar-refractivity contribution is -0.166. The number of allylic oxidation sites excluding steroid dienone is 23. The standard InChI is InChI=1S/C67H106O6/c1-4-7-10-13-16-19-21-23-25-26-27-28-29-30-31-32-33-34-35-36-37-38-39-40-42-43-45-48-51-54-57-60-66(69)72-63-64(62-71-65(68)59-56-53-50-47-18-15-12-9-6-3)73-67(70)61-58-55-52-49-46-44-41-24-22-20-17-14-11-8-5-2/h7-8,10-11,16-17,19-20,23-25,27-28,30-31,33-34,36-37,41,46,49,55,58,64H,4-6,9,12-15,18,21-22,26,29,32,35,38-40,42-45,47-48,50-54,56-57,59-63H2,1-3H3/b10-7-,11-8-,19-16-,20-17-,25-23-,28-27-,31-30-,34-33-,37-36-,41-24-,49-46-,58-55-. The van der Waals surface area contributed by atoms with E-state index in [0.29, 0.717) is 19.3 Å². The van der Waals surface area contributed by atoms with E-state index in [1.165, 1.54) is 77.0 Å². The Morgan fingerprint density at radius 2 is 0.575 bits per heavy atom. The predicted molar refractivity (Wildman–Crippen MR) is 315 cm³/mol. The summed E-state index contributed by atoms with van der Waals surface area (Å²) in [5, 5.41) is 0. The monoisotopic (exact) mass is 1010 g/mol. The molecule has 0 aliphatic heterocycles. The third-order valence-corrected chi connectivity index (χ3v) is 11.9. The van der Waals surface area contributed by atoms with Crippen molar-refractivity contribution in [3.63, 3.8) is 0 Å². The van der Waals surface area contributed by atoms with Gasteiger partial charge in [0.15, 0.2) is 6.10 Å². The highest BCUT2D eigenvalue weighted by Gasteiger charge is 2.19. The van der Waals surface area contributed by atoms with Crippen molar-refractivity contribution >= 4 is 17.9 Å². The Labute approximate surface area is 448 Å². The number of esters is 3. The summed E-state index contributed by atoms with van der Waals surface area (Å²) < 4.78 is 16.7. The lowest BCUT2D eigenvalue weighted by atomic mass is 10.1. The van der Waals surface area contributed by atoms with Crippen LogP contribution < -0.4 is 0 Å². The van der Waals surface area contributed by atoms with Gasteiger partial charge in [-0.05, 0) is 103 Å². The topological polar surface area (TPSA) is 78.9 Å². The molecule has 0 saturated heterocycles. The Morgan fingerprint density at radius 3 is 0.904 bits per heavy atom. The van der Waals surface area contributed by atoms with Crippen LogP contribution in [-0.4, -0.2) is 37.2 Å². The fraction of sp³-hybridized carbons (Fsp3) is 0.597. The molecule has 0 aromatic heterocycles. The van der Waals surface area contributed by atoms with Crippen molar-refractivity contribution in [2.24, 2.45) is 0 Å². The Hall–Kier alpha value is -4.71. The molecule has 0 N–H and O–H groups in total. The van der Waals surface area contributed by atoms with Gasteiger partial charge in [0.25, 0.3) is 0 Å². The highest BCUT2D eigenvalue weighted by molar-refractivity contribution is 5.72. The molecule has 73 heavy (non-hydrogen) atoms. The zero-order chi connectivity index (χ0) is 52.9. The average Bonchev–Trinajstić information content (AvgIpc) is 3.39. The lowest BCUT2D eigenvalue weighted by Crippen LogP contribution is -2.30. The molecule has 6 nitrogen and oxygen atoms in total. The van der Waals surface area contributed by atoms with Gasteiger partial charge in [-0.25, -0.2) is 0 Å². The summed E-state index contributed by atoms with van der Waals surface area (Å²) in [6, 6.07) is 0. The highest BCUT2D eigenvalue weighted by atomic mass is 16.6. The molecule has 0 amide bonds. The zero-order valence-electron chi connectivity index (χ0n) is 46.8. The molecule has 0 aliphatic carbocycles. The fourth-order valence-electron chi connectivity index (χ4n) is 7.56. The first-order chi connectivity index (χ1) is 36.0. The zero-order valence-corrected chi connectivity index (χ0v) is 46.8. The van der Waals surface area contributed by atoms with E-state index >= 15 is 0 Å².